The molecule has 1 N–H and O–H groups in total. The minimum absolute atomic E-state index is 0.286. The summed E-state index contributed by atoms with van der Waals surface area (Å²) in [6.45, 7) is 3.30. The molecule has 0 bridgehead atoms. The molecule has 0 aromatic heterocycles. The van der Waals surface area contributed by atoms with E-state index in [0.717, 1.165) is 37.2 Å². The van der Waals surface area contributed by atoms with Crippen molar-refractivity contribution >= 4 is 0 Å². The topological polar surface area (TPSA) is 24.5 Å². The fourth-order valence-corrected chi connectivity index (χ4v) is 2.62. The van der Waals surface area contributed by atoms with E-state index >= 15 is 0 Å². The van der Waals surface area contributed by atoms with Crippen molar-refractivity contribution in [2.24, 2.45) is 0 Å². The van der Waals surface area contributed by atoms with Crippen LogP contribution in [0.1, 0.15) is 23.7 Å². The molecule has 25 heavy (non-hydrogen) atoms. The quantitative estimate of drug-likeness (QED) is 0.664. The molecule has 3 nitrogen and oxygen atoms in total. The van der Waals surface area contributed by atoms with Gasteiger partial charge in [-0.1, -0.05) is 24.3 Å². The van der Waals surface area contributed by atoms with E-state index in [1.165, 1.54) is 24.3 Å². The van der Waals surface area contributed by atoms with Gasteiger partial charge in [-0.3, -0.25) is 0 Å². The molecule has 0 unspecified atom stereocenters. The molecule has 2 rings (SSSR count). The van der Waals surface area contributed by atoms with Crippen molar-refractivity contribution < 1.29 is 13.5 Å². The summed E-state index contributed by atoms with van der Waals surface area (Å²) < 4.78 is 32.5. The Labute approximate surface area is 148 Å². The van der Waals surface area contributed by atoms with Gasteiger partial charge in [0.2, 0.25) is 0 Å². The Morgan fingerprint density at radius 1 is 0.920 bits per heavy atom. The first-order chi connectivity index (χ1) is 12.1. The summed E-state index contributed by atoms with van der Waals surface area (Å²) in [5.41, 5.74) is 1.71. The summed E-state index contributed by atoms with van der Waals surface area (Å²) in [4.78, 5) is 2.21. The molecule has 0 radical (unpaired) electrons. The summed E-state index contributed by atoms with van der Waals surface area (Å²) in [5.74, 6) is -0.572. The predicted molar refractivity (Wildman–Crippen MR) is 96.6 cm³/mol. The van der Waals surface area contributed by atoms with E-state index in [1.54, 1.807) is 24.3 Å². The molecule has 0 atom stereocenters. The SMILES string of the molecule is CNCCCN(C)CCOC(c1ccc(F)cc1)c1ccc(F)cc1. The summed E-state index contributed by atoms with van der Waals surface area (Å²) in [6.07, 6.45) is 0.735. The maximum absolute atomic E-state index is 13.2. The van der Waals surface area contributed by atoms with Gasteiger partial charge in [-0.25, -0.2) is 8.78 Å². The molecule has 2 aromatic carbocycles. The van der Waals surface area contributed by atoms with Crippen LogP contribution in [0.25, 0.3) is 0 Å². The van der Waals surface area contributed by atoms with E-state index in [-0.39, 0.29) is 17.7 Å². The molecule has 0 fully saturated rings. The largest absolute Gasteiger partial charge is 0.367 e. The summed E-state index contributed by atoms with van der Waals surface area (Å²) in [6, 6.07) is 12.5. The van der Waals surface area contributed by atoms with Crippen LogP contribution in [0.2, 0.25) is 0 Å². The Hall–Kier alpha value is -1.82. The molecular weight excluding hydrogens is 322 g/mol. The van der Waals surface area contributed by atoms with Crippen LogP contribution in [0.3, 0.4) is 0 Å². The molecular formula is C20H26F2N2O. The highest BCUT2D eigenvalue weighted by molar-refractivity contribution is 5.30. The van der Waals surface area contributed by atoms with Gasteiger partial charge in [0.1, 0.15) is 17.7 Å². The third kappa shape index (κ3) is 6.53. The lowest BCUT2D eigenvalue weighted by Crippen LogP contribution is -2.27. The third-order valence-electron chi connectivity index (χ3n) is 4.07. The van der Waals surface area contributed by atoms with Gasteiger partial charge in [0, 0.05) is 6.54 Å². The van der Waals surface area contributed by atoms with Gasteiger partial charge in [-0.15, -0.1) is 0 Å². The van der Waals surface area contributed by atoms with E-state index in [1.807, 2.05) is 7.05 Å². The van der Waals surface area contributed by atoms with E-state index in [9.17, 15) is 8.78 Å². The monoisotopic (exact) mass is 348 g/mol. The molecule has 2 aromatic rings. The average Bonchev–Trinajstić information content (AvgIpc) is 2.61. The van der Waals surface area contributed by atoms with Crippen LogP contribution in [0.15, 0.2) is 48.5 Å². The molecule has 0 aliphatic rings. The molecule has 0 aliphatic heterocycles. The standard InChI is InChI=1S/C20H26F2N2O/c1-23-12-3-13-24(2)14-15-25-20(16-4-8-18(21)9-5-16)17-6-10-19(22)11-7-17/h4-11,20,23H,3,12-15H2,1-2H3. The first kappa shape index (κ1) is 19.5. The summed E-state index contributed by atoms with van der Waals surface area (Å²) in [7, 11) is 4.00. The normalized spacial score (nSPS) is 11.4. The number of likely N-dealkylation sites (N-methyl/N-ethyl adjacent to an activating group) is 1. The number of nitrogens with one attached hydrogen (secondary N) is 1. The molecule has 5 heteroatoms. The van der Waals surface area contributed by atoms with Crippen LogP contribution < -0.4 is 5.32 Å². The Bertz CT molecular complexity index is 571. The van der Waals surface area contributed by atoms with Crippen molar-refractivity contribution in [2.75, 3.05) is 40.3 Å². The van der Waals surface area contributed by atoms with E-state index in [4.69, 9.17) is 4.74 Å². The number of ether oxygens (including phenoxy) is 1. The lowest BCUT2D eigenvalue weighted by molar-refractivity contribution is 0.0645. The number of benzene rings is 2. The first-order valence-corrected chi connectivity index (χ1v) is 8.56. The summed E-state index contributed by atoms with van der Waals surface area (Å²) in [5, 5.41) is 3.13. The zero-order chi connectivity index (χ0) is 18.1. The Balaban J connectivity index is 2.00. The number of nitrogens with zero attached hydrogens (tertiary/aromatic N) is 1. The van der Waals surface area contributed by atoms with Crippen molar-refractivity contribution in [2.45, 2.75) is 12.5 Å². The number of hydrogen-bond acceptors (Lipinski definition) is 3. The molecule has 136 valence electrons. The highest BCUT2D eigenvalue weighted by Crippen LogP contribution is 2.26. The van der Waals surface area contributed by atoms with Crippen molar-refractivity contribution in [1.82, 2.24) is 10.2 Å². The maximum atomic E-state index is 13.2. The maximum Gasteiger partial charge on any atom is 0.123 e. The van der Waals surface area contributed by atoms with Crippen LogP contribution >= 0.6 is 0 Å². The van der Waals surface area contributed by atoms with Crippen LogP contribution in [-0.2, 0) is 4.74 Å². The Morgan fingerprint density at radius 3 is 1.92 bits per heavy atom. The second-order valence-corrected chi connectivity index (χ2v) is 6.11. The van der Waals surface area contributed by atoms with Crippen molar-refractivity contribution in [3.8, 4) is 0 Å². The van der Waals surface area contributed by atoms with Crippen molar-refractivity contribution in [3.05, 3.63) is 71.3 Å². The van der Waals surface area contributed by atoms with Gasteiger partial charge >= 0.3 is 0 Å². The van der Waals surface area contributed by atoms with Gasteiger partial charge in [-0.05, 0) is 69.0 Å². The van der Waals surface area contributed by atoms with E-state index < -0.39 is 0 Å². The highest BCUT2D eigenvalue weighted by Gasteiger charge is 2.15. The van der Waals surface area contributed by atoms with Gasteiger partial charge < -0.3 is 15.0 Å². The Kier molecular flexibility index (Phi) is 7.98. The zero-order valence-corrected chi connectivity index (χ0v) is 14.8. The number of hydrogen-bond donors (Lipinski definition) is 1. The lowest BCUT2D eigenvalue weighted by Gasteiger charge is -2.22. The van der Waals surface area contributed by atoms with Crippen LogP contribution in [0.4, 0.5) is 8.78 Å². The average molecular weight is 348 g/mol. The second-order valence-electron chi connectivity index (χ2n) is 6.11. The first-order valence-electron chi connectivity index (χ1n) is 8.56. The van der Waals surface area contributed by atoms with Gasteiger partial charge in [0.05, 0.1) is 6.61 Å². The molecule has 0 spiro atoms. The van der Waals surface area contributed by atoms with E-state index in [0.29, 0.717) is 6.61 Å². The summed E-state index contributed by atoms with van der Waals surface area (Å²) >= 11 is 0. The third-order valence-corrected chi connectivity index (χ3v) is 4.07. The fourth-order valence-electron chi connectivity index (χ4n) is 2.62. The van der Waals surface area contributed by atoms with Crippen LogP contribution in [0, 0.1) is 11.6 Å². The van der Waals surface area contributed by atoms with Crippen LogP contribution in [-0.4, -0.2) is 45.2 Å². The predicted octanol–water partition coefficient (Wildman–Crippen LogP) is 3.61. The smallest absolute Gasteiger partial charge is 0.123 e. The van der Waals surface area contributed by atoms with Gasteiger partial charge in [-0.2, -0.15) is 0 Å². The fraction of sp³-hybridized carbons (Fsp3) is 0.400. The van der Waals surface area contributed by atoms with Gasteiger partial charge in [0.25, 0.3) is 0 Å². The molecule has 0 saturated heterocycles. The van der Waals surface area contributed by atoms with Crippen molar-refractivity contribution in [3.63, 3.8) is 0 Å². The lowest BCUT2D eigenvalue weighted by atomic mass is 10.0. The minimum atomic E-state index is -0.341. The molecule has 0 saturated carbocycles. The number of rotatable bonds is 10. The minimum Gasteiger partial charge on any atom is -0.367 e. The van der Waals surface area contributed by atoms with Gasteiger partial charge in [0.15, 0.2) is 0 Å². The molecule has 0 aliphatic carbocycles. The highest BCUT2D eigenvalue weighted by atomic mass is 19.1. The number of halogens is 2. The second kappa shape index (κ2) is 10.2. The van der Waals surface area contributed by atoms with E-state index in [2.05, 4.69) is 17.3 Å². The zero-order valence-electron chi connectivity index (χ0n) is 14.8. The van der Waals surface area contributed by atoms with Crippen molar-refractivity contribution in [1.29, 1.82) is 0 Å². The molecule has 0 amide bonds. The molecule has 0 heterocycles. The Morgan fingerprint density at radius 2 is 1.44 bits per heavy atom. The van der Waals surface area contributed by atoms with Crippen LogP contribution in [0.5, 0.6) is 0 Å².